The molecule has 0 aliphatic heterocycles. The molecule has 1 aromatic heterocycles. The first-order valence-electron chi connectivity index (χ1n) is 7.20. The molecule has 5 nitrogen and oxygen atoms in total. The average Bonchev–Trinajstić information content (AvgIpc) is 2.72. The first-order valence-corrected chi connectivity index (χ1v) is 8.64. The Balaban J connectivity index is 2.51. The molecule has 0 N–H and O–H groups in total. The number of rotatable bonds is 4. The molecule has 0 spiro atoms. The van der Waals surface area contributed by atoms with Crippen LogP contribution in [0.4, 0.5) is 18.9 Å². The fourth-order valence-corrected chi connectivity index (χ4v) is 4.42. The normalized spacial score (nSPS) is 12.5. The van der Waals surface area contributed by atoms with Crippen LogP contribution in [-0.4, -0.2) is 24.7 Å². The number of aromatic nitrogens is 2. The van der Waals surface area contributed by atoms with Gasteiger partial charge in [0, 0.05) is 13.6 Å². The summed E-state index contributed by atoms with van der Waals surface area (Å²) in [6.45, 7) is 4.92. The number of aryl methyl sites for hydroxylation is 2. The van der Waals surface area contributed by atoms with Crippen molar-refractivity contribution in [2.24, 2.45) is 7.05 Å². The minimum absolute atomic E-state index is 0.0757. The highest BCUT2D eigenvalue weighted by Crippen LogP contribution is 2.32. The summed E-state index contributed by atoms with van der Waals surface area (Å²) in [7, 11) is -2.29. The lowest BCUT2D eigenvalue weighted by Gasteiger charge is -2.23. The second-order valence-corrected chi connectivity index (χ2v) is 7.14. The van der Waals surface area contributed by atoms with Gasteiger partial charge in [-0.15, -0.1) is 0 Å². The molecule has 0 radical (unpaired) electrons. The number of benzene rings is 1. The van der Waals surface area contributed by atoms with Crippen LogP contribution in [0, 0.1) is 13.8 Å². The van der Waals surface area contributed by atoms with E-state index in [1.807, 2.05) is 0 Å². The van der Waals surface area contributed by atoms with Gasteiger partial charge in [-0.05, 0) is 45.0 Å². The maximum Gasteiger partial charge on any atom is 0.416 e. The molecule has 132 valence electrons. The van der Waals surface area contributed by atoms with Gasteiger partial charge < -0.3 is 0 Å². The Bertz CT molecular complexity index is 840. The number of alkyl halides is 3. The van der Waals surface area contributed by atoms with E-state index >= 15 is 0 Å². The molecule has 1 heterocycles. The summed E-state index contributed by atoms with van der Waals surface area (Å²) in [6.07, 6.45) is -4.47. The van der Waals surface area contributed by atoms with Gasteiger partial charge in [0.2, 0.25) is 0 Å². The van der Waals surface area contributed by atoms with E-state index in [0.29, 0.717) is 11.4 Å². The van der Waals surface area contributed by atoms with Crippen molar-refractivity contribution < 1.29 is 21.6 Å². The molecule has 0 saturated heterocycles. The summed E-state index contributed by atoms with van der Waals surface area (Å²) in [4.78, 5) is 0.0757. The monoisotopic (exact) mass is 361 g/mol. The summed E-state index contributed by atoms with van der Waals surface area (Å²) in [5.74, 6) is 0. The molecule has 0 atom stereocenters. The van der Waals surface area contributed by atoms with Crippen LogP contribution in [0.3, 0.4) is 0 Å². The quantitative estimate of drug-likeness (QED) is 0.840. The largest absolute Gasteiger partial charge is 0.416 e. The van der Waals surface area contributed by atoms with Gasteiger partial charge in [0.25, 0.3) is 10.0 Å². The minimum Gasteiger partial charge on any atom is -0.271 e. The maximum atomic E-state index is 13.0. The Morgan fingerprint density at radius 2 is 1.71 bits per heavy atom. The van der Waals surface area contributed by atoms with Crippen molar-refractivity contribution in [3.05, 3.63) is 41.2 Å². The minimum atomic E-state index is -4.47. The number of hydrogen-bond donors (Lipinski definition) is 0. The third-order valence-corrected chi connectivity index (χ3v) is 5.92. The van der Waals surface area contributed by atoms with Gasteiger partial charge in [-0.25, -0.2) is 8.42 Å². The zero-order valence-corrected chi connectivity index (χ0v) is 14.5. The third-order valence-electron chi connectivity index (χ3n) is 3.76. The van der Waals surface area contributed by atoms with Crippen LogP contribution in [0.5, 0.6) is 0 Å². The second-order valence-electron chi connectivity index (χ2n) is 5.34. The van der Waals surface area contributed by atoms with Crippen molar-refractivity contribution in [3.63, 3.8) is 0 Å². The van der Waals surface area contributed by atoms with Crippen molar-refractivity contribution >= 4 is 15.7 Å². The van der Waals surface area contributed by atoms with Crippen molar-refractivity contribution in [2.75, 3.05) is 10.8 Å². The highest BCUT2D eigenvalue weighted by atomic mass is 32.2. The lowest BCUT2D eigenvalue weighted by Crippen LogP contribution is -2.31. The molecular weight excluding hydrogens is 343 g/mol. The fourth-order valence-electron chi connectivity index (χ4n) is 2.55. The predicted molar refractivity (Wildman–Crippen MR) is 84.3 cm³/mol. The maximum absolute atomic E-state index is 13.0. The molecule has 0 bridgehead atoms. The van der Waals surface area contributed by atoms with Gasteiger partial charge in [-0.1, -0.05) is 0 Å². The van der Waals surface area contributed by atoms with Crippen LogP contribution in [0.25, 0.3) is 0 Å². The van der Waals surface area contributed by atoms with Gasteiger partial charge in [0.15, 0.2) is 0 Å². The molecule has 24 heavy (non-hydrogen) atoms. The highest BCUT2D eigenvalue weighted by molar-refractivity contribution is 7.93. The summed E-state index contributed by atoms with van der Waals surface area (Å²) in [6, 6.07) is 4.06. The Morgan fingerprint density at radius 3 is 2.08 bits per heavy atom. The third kappa shape index (κ3) is 3.12. The Hall–Kier alpha value is -2.03. The van der Waals surface area contributed by atoms with Crippen molar-refractivity contribution in [2.45, 2.75) is 31.8 Å². The van der Waals surface area contributed by atoms with Gasteiger partial charge in [-0.3, -0.25) is 8.99 Å². The van der Waals surface area contributed by atoms with Crippen molar-refractivity contribution in [1.29, 1.82) is 0 Å². The lowest BCUT2D eigenvalue weighted by molar-refractivity contribution is -0.137. The van der Waals surface area contributed by atoms with E-state index in [2.05, 4.69) is 5.10 Å². The highest BCUT2D eigenvalue weighted by Gasteiger charge is 2.32. The molecule has 2 rings (SSSR count). The summed E-state index contributed by atoms with van der Waals surface area (Å²) >= 11 is 0. The summed E-state index contributed by atoms with van der Waals surface area (Å²) in [5, 5.41) is 4.10. The zero-order valence-electron chi connectivity index (χ0n) is 13.7. The van der Waals surface area contributed by atoms with Crippen LogP contribution in [0.2, 0.25) is 0 Å². The molecule has 9 heteroatoms. The van der Waals surface area contributed by atoms with Crippen LogP contribution in [0.1, 0.15) is 23.9 Å². The predicted octanol–water partition coefficient (Wildman–Crippen LogP) is 3.27. The smallest absolute Gasteiger partial charge is 0.271 e. The molecule has 0 saturated carbocycles. The molecular formula is C15H18F3N3O2S. The second kappa shape index (κ2) is 6.12. The van der Waals surface area contributed by atoms with E-state index in [1.165, 1.54) is 4.68 Å². The molecule has 0 fully saturated rings. The van der Waals surface area contributed by atoms with Gasteiger partial charge in [-0.2, -0.15) is 18.3 Å². The molecule has 0 aliphatic carbocycles. The van der Waals surface area contributed by atoms with E-state index in [0.717, 1.165) is 28.6 Å². The Kier molecular flexibility index (Phi) is 4.67. The number of hydrogen-bond acceptors (Lipinski definition) is 3. The van der Waals surface area contributed by atoms with Crippen LogP contribution in [-0.2, 0) is 23.2 Å². The molecule has 1 aromatic carbocycles. The van der Waals surface area contributed by atoms with Gasteiger partial charge in [0.05, 0.1) is 22.6 Å². The Labute approximate surface area is 138 Å². The number of nitrogens with zero attached hydrogens (tertiary/aromatic N) is 3. The first-order chi connectivity index (χ1) is 11.0. The van der Waals surface area contributed by atoms with E-state index in [1.54, 1.807) is 27.8 Å². The molecule has 0 unspecified atom stereocenters. The number of anilines is 1. The standard InChI is InChI=1S/C15H18F3N3O2S/c1-5-21(13-8-6-12(7-9-13)15(16,17)18)24(22,23)14-10(2)19-20(4)11(14)3/h6-9H,5H2,1-4H3. The van der Waals surface area contributed by atoms with Crippen LogP contribution < -0.4 is 4.31 Å². The molecule has 0 aliphatic rings. The van der Waals surface area contributed by atoms with Crippen LogP contribution >= 0.6 is 0 Å². The van der Waals surface area contributed by atoms with Gasteiger partial charge >= 0.3 is 6.18 Å². The number of sulfonamides is 1. The average molecular weight is 361 g/mol. The van der Waals surface area contributed by atoms with E-state index in [9.17, 15) is 21.6 Å². The van der Waals surface area contributed by atoms with E-state index in [-0.39, 0.29) is 17.1 Å². The SMILES string of the molecule is CCN(c1ccc(C(F)(F)F)cc1)S(=O)(=O)c1c(C)nn(C)c1C. The van der Waals surface area contributed by atoms with E-state index < -0.39 is 21.8 Å². The van der Waals surface area contributed by atoms with Gasteiger partial charge in [0.1, 0.15) is 4.90 Å². The zero-order chi connectivity index (χ0) is 18.3. The molecule has 2 aromatic rings. The lowest BCUT2D eigenvalue weighted by atomic mass is 10.2. The van der Waals surface area contributed by atoms with Crippen LogP contribution in [0.15, 0.2) is 29.2 Å². The topological polar surface area (TPSA) is 55.2 Å². The Morgan fingerprint density at radius 1 is 1.17 bits per heavy atom. The number of halogens is 3. The van der Waals surface area contributed by atoms with Crippen molar-refractivity contribution in [3.8, 4) is 0 Å². The summed E-state index contributed by atoms with van der Waals surface area (Å²) in [5.41, 5.74) is 0.166. The first kappa shape index (κ1) is 18.3. The fraction of sp³-hybridized carbons (Fsp3) is 0.400. The van der Waals surface area contributed by atoms with Crippen molar-refractivity contribution in [1.82, 2.24) is 9.78 Å². The molecule has 0 amide bonds. The van der Waals surface area contributed by atoms with E-state index in [4.69, 9.17) is 0 Å². The summed E-state index contributed by atoms with van der Waals surface area (Å²) < 4.78 is 66.4.